The highest BCUT2D eigenvalue weighted by molar-refractivity contribution is 5.47. The number of rotatable bonds is 11. The maximum atomic E-state index is 13.0. The molecule has 6 nitrogen and oxygen atoms in total. The molecule has 0 N–H and O–H groups in total. The molecule has 2 aromatic heterocycles. The molecule has 0 fully saturated rings. The van der Waals surface area contributed by atoms with Gasteiger partial charge in [0.1, 0.15) is 6.61 Å². The van der Waals surface area contributed by atoms with Gasteiger partial charge in [-0.25, -0.2) is 4.98 Å². The van der Waals surface area contributed by atoms with E-state index in [1.54, 1.807) is 18.2 Å². The van der Waals surface area contributed by atoms with E-state index in [-0.39, 0.29) is 18.9 Å². The van der Waals surface area contributed by atoms with Crippen LogP contribution in [0, 0.1) is 5.21 Å². The van der Waals surface area contributed by atoms with Gasteiger partial charge in [-0.05, 0) is 52.9 Å². The van der Waals surface area contributed by atoms with Gasteiger partial charge in [-0.3, -0.25) is 0 Å². The first-order valence-corrected chi connectivity index (χ1v) is 11.9. The molecular formula is C28H21F7N2O4. The van der Waals surface area contributed by atoms with E-state index in [4.69, 9.17) is 4.74 Å². The van der Waals surface area contributed by atoms with E-state index in [0.717, 1.165) is 18.2 Å². The number of nitrogens with zero attached hydrogens (tertiary/aromatic N) is 2. The maximum Gasteiger partial charge on any atom is 0.416 e. The summed E-state index contributed by atoms with van der Waals surface area (Å²) in [5.74, 6) is -1.55. The molecule has 216 valence electrons. The van der Waals surface area contributed by atoms with Gasteiger partial charge in [-0.1, -0.05) is 24.3 Å². The summed E-state index contributed by atoms with van der Waals surface area (Å²) in [7, 11) is 0. The second-order valence-electron chi connectivity index (χ2n) is 8.70. The minimum absolute atomic E-state index is 0.0486. The minimum atomic E-state index is -4.45. The first-order valence-electron chi connectivity index (χ1n) is 11.9. The van der Waals surface area contributed by atoms with Gasteiger partial charge in [0, 0.05) is 30.3 Å². The van der Waals surface area contributed by atoms with E-state index in [0.29, 0.717) is 27.0 Å². The molecule has 41 heavy (non-hydrogen) atoms. The Balaban J connectivity index is 1.59. The molecule has 0 amide bonds. The van der Waals surface area contributed by atoms with Gasteiger partial charge in [0.05, 0.1) is 5.56 Å². The zero-order valence-corrected chi connectivity index (χ0v) is 20.9. The van der Waals surface area contributed by atoms with E-state index in [1.807, 2.05) is 0 Å². The maximum absolute atomic E-state index is 13.0. The fraction of sp³-hybridized carbons (Fsp3) is 0.214. The van der Waals surface area contributed by atoms with Crippen molar-refractivity contribution in [1.82, 2.24) is 4.98 Å². The normalized spacial score (nSPS) is 12.4. The van der Waals surface area contributed by atoms with Crippen LogP contribution in [0.5, 0.6) is 17.4 Å². The zero-order chi connectivity index (χ0) is 29.6. The smallest absolute Gasteiger partial charge is 0.416 e. The standard InChI is InChI=1S/C28H21F7N2O4/c29-26(30)40-23-7-3-19(14-24(23)41-27(31)32)22(13-17-9-11-37(38)12-10-17)20-4-8-25(36-15-20)39-16-18-1-5-21(6-2-18)28(33,34)35/h1-12,14-15,22,26-27H,13,16H2. The summed E-state index contributed by atoms with van der Waals surface area (Å²) in [6, 6.07) is 14.5. The summed E-state index contributed by atoms with van der Waals surface area (Å²) < 4.78 is 105. The Morgan fingerprint density at radius 3 is 1.98 bits per heavy atom. The fourth-order valence-electron chi connectivity index (χ4n) is 4.00. The van der Waals surface area contributed by atoms with Crippen molar-refractivity contribution in [2.24, 2.45) is 0 Å². The van der Waals surface area contributed by atoms with Crippen molar-refractivity contribution in [3.63, 3.8) is 0 Å². The summed E-state index contributed by atoms with van der Waals surface area (Å²) >= 11 is 0. The number of alkyl halides is 7. The molecule has 0 saturated carbocycles. The van der Waals surface area contributed by atoms with Crippen LogP contribution < -0.4 is 18.9 Å². The van der Waals surface area contributed by atoms with Gasteiger partial charge < -0.3 is 19.4 Å². The van der Waals surface area contributed by atoms with Gasteiger partial charge in [0.15, 0.2) is 23.9 Å². The van der Waals surface area contributed by atoms with Crippen LogP contribution in [0.3, 0.4) is 0 Å². The van der Waals surface area contributed by atoms with Crippen molar-refractivity contribution in [3.8, 4) is 17.4 Å². The average molecular weight is 582 g/mol. The van der Waals surface area contributed by atoms with Crippen molar-refractivity contribution in [1.29, 1.82) is 0 Å². The summed E-state index contributed by atoms with van der Waals surface area (Å²) in [6.07, 6.45) is -0.161. The van der Waals surface area contributed by atoms with Crippen LogP contribution in [0.15, 0.2) is 85.3 Å². The molecule has 2 heterocycles. The average Bonchev–Trinajstić information content (AvgIpc) is 2.92. The highest BCUT2D eigenvalue weighted by atomic mass is 19.4. The van der Waals surface area contributed by atoms with Gasteiger partial charge >= 0.3 is 19.4 Å². The predicted molar refractivity (Wildman–Crippen MR) is 131 cm³/mol. The molecule has 0 aliphatic heterocycles. The third-order valence-electron chi connectivity index (χ3n) is 5.94. The number of benzene rings is 2. The van der Waals surface area contributed by atoms with E-state index in [1.165, 1.54) is 48.9 Å². The molecular weight excluding hydrogens is 561 g/mol. The monoisotopic (exact) mass is 582 g/mol. The van der Waals surface area contributed by atoms with Crippen LogP contribution >= 0.6 is 0 Å². The molecule has 0 spiro atoms. The lowest BCUT2D eigenvalue weighted by molar-refractivity contribution is -0.605. The van der Waals surface area contributed by atoms with E-state index in [2.05, 4.69) is 14.5 Å². The molecule has 1 atom stereocenters. The highest BCUT2D eigenvalue weighted by Crippen LogP contribution is 2.37. The second kappa shape index (κ2) is 12.7. The number of halogens is 7. The number of ether oxygens (including phenoxy) is 3. The molecule has 0 aliphatic carbocycles. The molecule has 1 unspecified atom stereocenters. The van der Waals surface area contributed by atoms with Crippen LogP contribution in [-0.4, -0.2) is 18.2 Å². The van der Waals surface area contributed by atoms with E-state index in [9.17, 15) is 35.9 Å². The third-order valence-corrected chi connectivity index (χ3v) is 5.94. The lowest BCUT2D eigenvalue weighted by atomic mass is 9.87. The van der Waals surface area contributed by atoms with Crippen molar-refractivity contribution >= 4 is 0 Å². The Morgan fingerprint density at radius 2 is 1.39 bits per heavy atom. The topological polar surface area (TPSA) is 67.5 Å². The van der Waals surface area contributed by atoms with Crippen molar-refractivity contribution in [2.75, 3.05) is 0 Å². The first-order chi connectivity index (χ1) is 19.5. The minimum Gasteiger partial charge on any atom is -0.619 e. The number of hydrogen-bond donors (Lipinski definition) is 0. The third kappa shape index (κ3) is 8.22. The largest absolute Gasteiger partial charge is 0.619 e. The van der Waals surface area contributed by atoms with Crippen LogP contribution in [0.25, 0.3) is 0 Å². The van der Waals surface area contributed by atoms with E-state index >= 15 is 0 Å². The summed E-state index contributed by atoms with van der Waals surface area (Å²) in [6.45, 7) is -6.61. The second-order valence-corrected chi connectivity index (χ2v) is 8.70. The fourth-order valence-corrected chi connectivity index (χ4v) is 4.00. The molecule has 0 saturated heterocycles. The Bertz CT molecular complexity index is 1420. The Morgan fingerprint density at radius 1 is 0.756 bits per heavy atom. The summed E-state index contributed by atoms with van der Waals surface area (Å²) in [4.78, 5) is 4.25. The van der Waals surface area contributed by atoms with E-state index < -0.39 is 42.4 Å². The lowest BCUT2D eigenvalue weighted by Crippen LogP contribution is -2.24. The molecule has 4 aromatic rings. The molecule has 4 rings (SSSR count). The lowest BCUT2D eigenvalue weighted by Gasteiger charge is -2.20. The number of aromatic nitrogens is 2. The van der Waals surface area contributed by atoms with Crippen LogP contribution in [0.1, 0.15) is 33.7 Å². The van der Waals surface area contributed by atoms with Gasteiger partial charge in [0.2, 0.25) is 5.88 Å². The number of pyridine rings is 2. The predicted octanol–water partition coefficient (Wildman–Crippen LogP) is 6.89. The first kappa shape index (κ1) is 29.4. The van der Waals surface area contributed by atoms with Gasteiger partial charge in [-0.2, -0.15) is 35.5 Å². The molecule has 13 heteroatoms. The molecule has 0 bridgehead atoms. The SMILES string of the molecule is [O-][n+]1ccc(CC(c2ccc(OCc3ccc(C(F)(F)F)cc3)nc2)c2ccc(OC(F)F)c(OC(F)F)c2)cc1. The molecule has 2 aromatic carbocycles. The van der Waals surface area contributed by atoms with Crippen molar-refractivity contribution < 1.29 is 49.7 Å². The summed E-state index contributed by atoms with van der Waals surface area (Å²) in [5, 5.41) is 11.5. The Labute approximate surface area is 229 Å². The van der Waals surface area contributed by atoms with Crippen LogP contribution in [0.2, 0.25) is 0 Å². The van der Waals surface area contributed by atoms with Crippen LogP contribution in [0.4, 0.5) is 30.7 Å². The van der Waals surface area contributed by atoms with Crippen LogP contribution in [-0.2, 0) is 19.2 Å². The quantitative estimate of drug-likeness (QED) is 0.110. The van der Waals surface area contributed by atoms with Crippen molar-refractivity contribution in [3.05, 3.63) is 118 Å². The Kier molecular flexibility index (Phi) is 9.15. The summed E-state index contributed by atoms with van der Waals surface area (Å²) in [5.41, 5.74) is 1.39. The Hall–Kier alpha value is -4.55. The molecule has 0 radical (unpaired) electrons. The zero-order valence-electron chi connectivity index (χ0n) is 20.9. The molecule has 0 aliphatic rings. The highest BCUT2D eigenvalue weighted by Gasteiger charge is 2.30. The number of hydrogen-bond acceptors (Lipinski definition) is 5. The van der Waals surface area contributed by atoms with Gasteiger partial charge in [0.25, 0.3) is 0 Å². The van der Waals surface area contributed by atoms with Crippen molar-refractivity contribution in [2.45, 2.75) is 38.3 Å². The van der Waals surface area contributed by atoms with Gasteiger partial charge in [-0.15, -0.1) is 0 Å².